The van der Waals surface area contributed by atoms with Crippen LogP contribution in [-0.2, 0) is 4.79 Å². The number of hydrogen-bond acceptors (Lipinski definition) is 4. The Labute approximate surface area is 117 Å². The topological polar surface area (TPSA) is 38.8 Å². The van der Waals surface area contributed by atoms with Crippen LogP contribution >= 0.6 is 0 Å². The minimum Gasteiger partial charge on any atom is -0.340 e. The predicted octanol–water partition coefficient (Wildman–Crippen LogP) is 0.0803. The molecular weight excluding hydrogens is 240 g/mol. The molecule has 1 rings (SSSR count). The molecule has 0 saturated carbocycles. The van der Waals surface area contributed by atoms with Crippen molar-refractivity contribution in [3.05, 3.63) is 0 Å². The van der Waals surface area contributed by atoms with Crippen molar-refractivity contribution in [1.82, 2.24) is 20.0 Å². The first-order valence-corrected chi connectivity index (χ1v) is 7.44. The van der Waals surface area contributed by atoms with Crippen LogP contribution in [0.1, 0.15) is 20.3 Å². The molecule has 1 aliphatic rings. The minimum absolute atomic E-state index is 0.0100. The second kappa shape index (κ2) is 8.51. The van der Waals surface area contributed by atoms with Crippen LogP contribution in [0.4, 0.5) is 0 Å². The molecule has 19 heavy (non-hydrogen) atoms. The van der Waals surface area contributed by atoms with Crippen LogP contribution in [0.2, 0.25) is 0 Å². The van der Waals surface area contributed by atoms with Gasteiger partial charge in [0.05, 0.1) is 6.04 Å². The van der Waals surface area contributed by atoms with Gasteiger partial charge in [0, 0.05) is 45.8 Å². The highest BCUT2D eigenvalue weighted by Crippen LogP contribution is 2.06. The number of hydrogen-bond donors (Lipinski definition) is 1. The number of amides is 1. The third kappa shape index (κ3) is 5.47. The first-order valence-electron chi connectivity index (χ1n) is 7.44. The SMILES string of the molecule is CCCN(CCN(C)C)C(=O)C(C)N1CCNCC1. The molecule has 0 aromatic rings. The van der Waals surface area contributed by atoms with Gasteiger partial charge in [0.25, 0.3) is 0 Å². The van der Waals surface area contributed by atoms with Crippen LogP contribution in [0.3, 0.4) is 0 Å². The molecule has 0 aromatic carbocycles. The quantitative estimate of drug-likeness (QED) is 0.711. The van der Waals surface area contributed by atoms with Crippen LogP contribution in [0.5, 0.6) is 0 Å². The van der Waals surface area contributed by atoms with Crippen LogP contribution in [0.15, 0.2) is 0 Å². The maximum atomic E-state index is 12.6. The van der Waals surface area contributed by atoms with Gasteiger partial charge in [-0.2, -0.15) is 0 Å². The summed E-state index contributed by atoms with van der Waals surface area (Å²) < 4.78 is 0. The molecule has 112 valence electrons. The van der Waals surface area contributed by atoms with Gasteiger partial charge in [-0.15, -0.1) is 0 Å². The van der Waals surface area contributed by atoms with Gasteiger partial charge in [-0.1, -0.05) is 6.92 Å². The summed E-state index contributed by atoms with van der Waals surface area (Å²) in [5.74, 6) is 0.283. The Balaban J connectivity index is 2.53. The number of nitrogens with one attached hydrogen (secondary N) is 1. The van der Waals surface area contributed by atoms with Gasteiger partial charge in [-0.05, 0) is 27.4 Å². The highest BCUT2D eigenvalue weighted by atomic mass is 16.2. The van der Waals surface area contributed by atoms with Gasteiger partial charge >= 0.3 is 0 Å². The van der Waals surface area contributed by atoms with Gasteiger partial charge in [0.2, 0.25) is 5.91 Å². The zero-order valence-electron chi connectivity index (χ0n) is 13.0. The molecule has 1 fully saturated rings. The van der Waals surface area contributed by atoms with Crippen LogP contribution in [-0.4, -0.2) is 86.6 Å². The number of nitrogens with zero attached hydrogens (tertiary/aromatic N) is 3. The molecule has 0 aliphatic carbocycles. The number of carbonyl (C=O) groups is 1. The summed E-state index contributed by atoms with van der Waals surface area (Å²) in [6.07, 6.45) is 1.02. The molecule has 1 saturated heterocycles. The second-order valence-electron chi connectivity index (χ2n) is 5.59. The van der Waals surface area contributed by atoms with Crippen molar-refractivity contribution in [2.24, 2.45) is 0 Å². The first-order chi connectivity index (χ1) is 9.06. The summed E-state index contributed by atoms with van der Waals surface area (Å²) in [5, 5.41) is 3.33. The molecule has 0 aromatic heterocycles. The molecule has 5 nitrogen and oxygen atoms in total. The van der Waals surface area contributed by atoms with Crippen molar-refractivity contribution in [2.75, 3.05) is 59.9 Å². The lowest BCUT2D eigenvalue weighted by molar-refractivity contribution is -0.136. The molecule has 1 aliphatic heterocycles. The zero-order valence-corrected chi connectivity index (χ0v) is 13.0. The highest BCUT2D eigenvalue weighted by molar-refractivity contribution is 5.81. The van der Waals surface area contributed by atoms with Crippen molar-refractivity contribution < 1.29 is 4.79 Å². The Morgan fingerprint density at radius 2 is 1.84 bits per heavy atom. The summed E-state index contributed by atoms with van der Waals surface area (Å²) >= 11 is 0. The third-order valence-electron chi connectivity index (χ3n) is 3.68. The van der Waals surface area contributed by atoms with E-state index in [1.54, 1.807) is 0 Å². The largest absolute Gasteiger partial charge is 0.340 e. The molecule has 1 heterocycles. The predicted molar refractivity (Wildman–Crippen MR) is 79.3 cm³/mol. The van der Waals surface area contributed by atoms with Crippen molar-refractivity contribution >= 4 is 5.91 Å². The summed E-state index contributed by atoms with van der Waals surface area (Å²) in [7, 11) is 4.10. The fourth-order valence-electron chi connectivity index (χ4n) is 2.41. The molecule has 1 unspecified atom stereocenters. The number of likely N-dealkylation sites (N-methyl/N-ethyl adjacent to an activating group) is 1. The van der Waals surface area contributed by atoms with Crippen LogP contribution < -0.4 is 5.32 Å². The second-order valence-corrected chi connectivity index (χ2v) is 5.59. The Hall–Kier alpha value is -0.650. The molecule has 0 bridgehead atoms. The molecule has 1 N–H and O–H groups in total. The Kier molecular flexibility index (Phi) is 7.34. The van der Waals surface area contributed by atoms with Gasteiger partial charge < -0.3 is 15.1 Å². The fraction of sp³-hybridized carbons (Fsp3) is 0.929. The first kappa shape index (κ1) is 16.4. The lowest BCUT2D eigenvalue weighted by atomic mass is 10.2. The van der Waals surface area contributed by atoms with Crippen molar-refractivity contribution in [2.45, 2.75) is 26.3 Å². The van der Waals surface area contributed by atoms with Crippen LogP contribution in [0, 0.1) is 0 Å². The third-order valence-corrected chi connectivity index (χ3v) is 3.68. The van der Waals surface area contributed by atoms with Gasteiger partial charge in [0.1, 0.15) is 0 Å². The van der Waals surface area contributed by atoms with Crippen molar-refractivity contribution in [1.29, 1.82) is 0 Å². The maximum absolute atomic E-state index is 12.6. The van der Waals surface area contributed by atoms with Gasteiger partial charge in [-0.25, -0.2) is 0 Å². The Morgan fingerprint density at radius 1 is 1.21 bits per heavy atom. The van der Waals surface area contributed by atoms with Gasteiger partial charge in [0.15, 0.2) is 0 Å². The molecule has 0 radical (unpaired) electrons. The number of carbonyl (C=O) groups excluding carboxylic acids is 1. The molecule has 1 atom stereocenters. The van der Waals surface area contributed by atoms with E-state index in [1.807, 2.05) is 25.9 Å². The highest BCUT2D eigenvalue weighted by Gasteiger charge is 2.26. The van der Waals surface area contributed by atoms with E-state index in [2.05, 4.69) is 22.0 Å². The summed E-state index contributed by atoms with van der Waals surface area (Å²) in [6.45, 7) is 10.7. The summed E-state index contributed by atoms with van der Waals surface area (Å²) in [4.78, 5) is 19.0. The molecule has 5 heteroatoms. The van der Waals surface area contributed by atoms with Gasteiger partial charge in [-0.3, -0.25) is 9.69 Å². The summed E-state index contributed by atoms with van der Waals surface area (Å²) in [6, 6.07) is 0.0100. The number of rotatable bonds is 7. The lowest BCUT2D eigenvalue weighted by Crippen LogP contribution is -2.54. The van der Waals surface area contributed by atoms with E-state index in [4.69, 9.17) is 0 Å². The standard InChI is InChI=1S/C14H30N4O/c1-5-8-18(12-11-16(3)4)14(19)13(2)17-9-6-15-7-10-17/h13,15H,5-12H2,1-4H3. The Morgan fingerprint density at radius 3 is 2.37 bits per heavy atom. The van der Waals surface area contributed by atoms with E-state index in [0.29, 0.717) is 0 Å². The van der Waals surface area contributed by atoms with E-state index in [0.717, 1.165) is 52.2 Å². The fourth-order valence-corrected chi connectivity index (χ4v) is 2.41. The van der Waals surface area contributed by atoms with E-state index >= 15 is 0 Å². The zero-order chi connectivity index (χ0) is 14.3. The van der Waals surface area contributed by atoms with Crippen molar-refractivity contribution in [3.63, 3.8) is 0 Å². The smallest absolute Gasteiger partial charge is 0.239 e. The van der Waals surface area contributed by atoms with E-state index in [1.165, 1.54) is 0 Å². The summed E-state index contributed by atoms with van der Waals surface area (Å²) in [5.41, 5.74) is 0. The minimum atomic E-state index is 0.0100. The molecule has 0 spiro atoms. The lowest BCUT2D eigenvalue weighted by Gasteiger charge is -2.35. The normalized spacial score (nSPS) is 18.6. The Bertz CT molecular complexity index is 264. The number of piperazine rings is 1. The van der Waals surface area contributed by atoms with E-state index in [-0.39, 0.29) is 11.9 Å². The van der Waals surface area contributed by atoms with Crippen molar-refractivity contribution in [3.8, 4) is 0 Å². The molecule has 1 amide bonds. The van der Waals surface area contributed by atoms with E-state index < -0.39 is 0 Å². The monoisotopic (exact) mass is 270 g/mol. The van der Waals surface area contributed by atoms with Crippen LogP contribution in [0.25, 0.3) is 0 Å². The average molecular weight is 270 g/mol. The average Bonchev–Trinajstić information content (AvgIpc) is 2.42. The van der Waals surface area contributed by atoms with E-state index in [9.17, 15) is 4.79 Å². The molecular formula is C14H30N4O. The maximum Gasteiger partial charge on any atom is 0.239 e.